The quantitative estimate of drug-likeness (QED) is 0.102. The van der Waals surface area contributed by atoms with Gasteiger partial charge in [0.15, 0.2) is 0 Å². The second-order valence-corrected chi connectivity index (χ2v) is 28.8. The van der Waals surface area contributed by atoms with E-state index >= 15 is 0 Å². The zero-order valence-corrected chi connectivity index (χ0v) is 58.8. The molecular formula is C94H70Cl2N6. The van der Waals surface area contributed by atoms with E-state index in [1.807, 2.05) is 49.3 Å². The van der Waals surface area contributed by atoms with Gasteiger partial charge in [0.2, 0.25) is 0 Å². The summed E-state index contributed by atoms with van der Waals surface area (Å²) < 4.78 is 0. The van der Waals surface area contributed by atoms with Gasteiger partial charge >= 0.3 is 0 Å². The molecule has 16 aromatic rings. The highest BCUT2D eigenvalue weighted by Gasteiger charge is 2.26. The topological polar surface area (TPSA) is 77.3 Å². The van der Waals surface area contributed by atoms with Gasteiger partial charge in [-0.3, -0.25) is 29.9 Å². The van der Waals surface area contributed by atoms with Crippen molar-refractivity contribution >= 4 is 44.7 Å². The van der Waals surface area contributed by atoms with Gasteiger partial charge in [0.05, 0.1) is 22.8 Å². The molecule has 0 radical (unpaired) electrons. The number of hydrogen-bond acceptors (Lipinski definition) is 6. The molecule has 0 N–H and O–H groups in total. The van der Waals surface area contributed by atoms with E-state index in [1.165, 1.54) is 21.5 Å². The van der Waals surface area contributed by atoms with Crippen LogP contribution in [0.4, 0.5) is 0 Å². The standard InChI is InChI=1S/C94H70Cl2N6/c1-93(2,3)91-44-37-67(58-101-91)87-40-33-63(54-97-87)77-24-10-13-27-80(77)69-47-70(50-73(95)49-69)81-28-14-11-25-78(81)64-34-41-88(98-55-64)68-38-45-92(102-59-68)94(4,5)53-60-32-39-83(66-36-43-90(100-57-66)85-31-17-21-62-19-7-9-23-76(62)85)86(46-60)72-48-71(51-74(96)52-72)82-29-15-12-26-79(82)65-35-42-89(99-56-65)84-30-16-20-61-18-6-8-22-75(61)84/h6-52,54-59H,53H2,1-5H3. The Kier molecular flexibility index (Phi) is 17.4. The lowest BCUT2D eigenvalue weighted by molar-refractivity contribution is 0.506. The highest BCUT2D eigenvalue weighted by atomic mass is 35.5. The maximum atomic E-state index is 7.29. The number of halogens is 2. The zero-order chi connectivity index (χ0) is 69.5. The van der Waals surface area contributed by atoms with E-state index in [0.29, 0.717) is 16.5 Å². The second kappa shape index (κ2) is 27.4. The number of benzene rings is 10. The van der Waals surface area contributed by atoms with Crippen molar-refractivity contribution in [3.05, 3.63) is 349 Å². The Morgan fingerprint density at radius 1 is 0.245 bits per heavy atom. The van der Waals surface area contributed by atoms with Crippen LogP contribution in [0.25, 0.3) is 156 Å². The monoisotopic (exact) mass is 1350 g/mol. The van der Waals surface area contributed by atoms with Crippen LogP contribution in [0.2, 0.25) is 10.0 Å². The van der Waals surface area contributed by atoms with E-state index in [9.17, 15) is 0 Å². The summed E-state index contributed by atoms with van der Waals surface area (Å²) in [6.07, 6.45) is 12.5. The molecule has 102 heavy (non-hydrogen) atoms. The van der Waals surface area contributed by atoms with Gasteiger partial charge in [0.1, 0.15) is 0 Å². The van der Waals surface area contributed by atoms with E-state index in [-0.39, 0.29) is 10.8 Å². The molecule has 16 rings (SSSR count). The van der Waals surface area contributed by atoms with Crippen molar-refractivity contribution in [1.82, 2.24) is 29.9 Å². The number of pyridine rings is 6. The Bertz CT molecular complexity index is 5770. The maximum absolute atomic E-state index is 7.29. The molecule has 0 fully saturated rings. The molecule has 0 atom stereocenters. The molecular weight excluding hydrogens is 1280 g/mol. The van der Waals surface area contributed by atoms with E-state index in [1.54, 1.807) is 0 Å². The third-order valence-corrected chi connectivity index (χ3v) is 20.0. The number of hydrogen-bond donors (Lipinski definition) is 0. The van der Waals surface area contributed by atoms with Gasteiger partial charge in [-0.1, -0.05) is 258 Å². The molecule has 0 aliphatic carbocycles. The minimum absolute atomic E-state index is 0.0272. The van der Waals surface area contributed by atoms with Gasteiger partial charge in [-0.15, -0.1) is 0 Å². The zero-order valence-electron chi connectivity index (χ0n) is 57.2. The number of rotatable bonds is 15. The lowest BCUT2D eigenvalue weighted by Gasteiger charge is -2.25. The van der Waals surface area contributed by atoms with Crippen LogP contribution in [-0.4, -0.2) is 29.9 Å². The Balaban J connectivity index is 0.671. The third-order valence-electron chi connectivity index (χ3n) is 19.6. The van der Waals surface area contributed by atoms with Crippen LogP contribution in [0.1, 0.15) is 51.6 Å². The van der Waals surface area contributed by atoms with Crippen molar-refractivity contribution in [2.45, 2.75) is 51.9 Å². The normalized spacial score (nSPS) is 11.7. The molecule has 6 nitrogen and oxygen atoms in total. The fourth-order valence-corrected chi connectivity index (χ4v) is 14.7. The van der Waals surface area contributed by atoms with Crippen LogP contribution in [0.15, 0.2) is 322 Å². The molecule has 0 saturated heterocycles. The van der Waals surface area contributed by atoms with Crippen molar-refractivity contribution in [3.63, 3.8) is 0 Å². The average Bonchev–Trinajstić information content (AvgIpc) is 0.782. The Morgan fingerprint density at radius 3 is 0.951 bits per heavy atom. The maximum Gasteiger partial charge on any atom is 0.0717 e. The van der Waals surface area contributed by atoms with E-state index in [2.05, 4.69) is 308 Å². The SMILES string of the molecule is CC(C)(C)c1ccc(-c2ccc(-c3ccccc3-c3cc(Cl)cc(-c4ccccc4-c4ccc(-c5ccc(C(C)(C)Cc6ccc(-c7ccc(-c8cccc9ccccc89)nc7)c(-c7cc(Cl)cc(-c8ccccc8-c8ccc(-c9cccc%10ccccc9%10)nc8)c7)c6)nc5)nc4)c3)cn2)cn1. The summed E-state index contributed by atoms with van der Waals surface area (Å²) in [7, 11) is 0. The van der Waals surface area contributed by atoms with E-state index in [0.717, 1.165) is 151 Å². The summed E-state index contributed by atoms with van der Waals surface area (Å²) in [5.74, 6) is 0. The predicted octanol–water partition coefficient (Wildman–Crippen LogP) is 25.5. The van der Waals surface area contributed by atoms with Crippen LogP contribution in [0.3, 0.4) is 0 Å². The van der Waals surface area contributed by atoms with Crippen LogP contribution >= 0.6 is 23.2 Å². The smallest absolute Gasteiger partial charge is 0.0717 e. The van der Waals surface area contributed by atoms with Gasteiger partial charge in [0, 0.05) is 114 Å². The predicted molar refractivity (Wildman–Crippen MR) is 425 cm³/mol. The van der Waals surface area contributed by atoms with Crippen LogP contribution in [0, 0.1) is 0 Å². The van der Waals surface area contributed by atoms with Crippen molar-refractivity contribution in [1.29, 1.82) is 0 Å². The average molecular weight is 1350 g/mol. The molecule has 0 saturated carbocycles. The summed E-state index contributed by atoms with van der Waals surface area (Å²) >= 11 is 14.3. The fourth-order valence-electron chi connectivity index (χ4n) is 14.3. The number of fused-ring (bicyclic) bond motifs is 2. The van der Waals surface area contributed by atoms with Gasteiger partial charge in [-0.25, -0.2) is 0 Å². The van der Waals surface area contributed by atoms with Crippen molar-refractivity contribution in [2.24, 2.45) is 0 Å². The molecule has 0 aliphatic rings. The third kappa shape index (κ3) is 13.2. The lowest BCUT2D eigenvalue weighted by Crippen LogP contribution is -2.22. The molecule has 6 heterocycles. The van der Waals surface area contributed by atoms with Gasteiger partial charge in [0.25, 0.3) is 0 Å². The first-order chi connectivity index (χ1) is 49.7. The Labute approximate surface area is 605 Å². The Morgan fingerprint density at radius 2 is 0.569 bits per heavy atom. The largest absolute Gasteiger partial charge is 0.260 e. The van der Waals surface area contributed by atoms with Crippen LogP contribution < -0.4 is 0 Å². The Hall–Kier alpha value is -11.8. The summed E-state index contributed by atoms with van der Waals surface area (Å²) in [4.78, 5) is 30.1. The molecule has 0 amide bonds. The number of nitrogens with zero attached hydrogens (tertiary/aromatic N) is 6. The van der Waals surface area contributed by atoms with Gasteiger partial charge in [-0.05, 0) is 185 Å². The van der Waals surface area contributed by atoms with E-state index < -0.39 is 0 Å². The molecule has 0 aliphatic heterocycles. The fraction of sp³-hybridized carbons (Fsp3) is 0.0851. The van der Waals surface area contributed by atoms with Crippen molar-refractivity contribution in [3.8, 4) is 134 Å². The molecule has 8 heteroatoms. The summed E-state index contributed by atoms with van der Waals surface area (Å²) in [6.45, 7) is 11.1. The summed E-state index contributed by atoms with van der Waals surface area (Å²) in [5, 5.41) is 6.00. The van der Waals surface area contributed by atoms with Crippen molar-refractivity contribution in [2.75, 3.05) is 0 Å². The van der Waals surface area contributed by atoms with Gasteiger partial charge in [-0.2, -0.15) is 0 Å². The van der Waals surface area contributed by atoms with Crippen LogP contribution in [0.5, 0.6) is 0 Å². The number of aromatic nitrogens is 6. The minimum atomic E-state index is -0.363. The molecule has 0 unspecified atom stereocenters. The van der Waals surface area contributed by atoms with Crippen molar-refractivity contribution < 1.29 is 0 Å². The molecule has 10 aromatic carbocycles. The highest BCUT2D eigenvalue weighted by molar-refractivity contribution is 6.31. The molecule has 0 bridgehead atoms. The first-order valence-electron chi connectivity index (χ1n) is 34.5. The van der Waals surface area contributed by atoms with E-state index in [4.69, 9.17) is 53.1 Å². The highest BCUT2D eigenvalue weighted by Crippen LogP contribution is 2.44. The first kappa shape index (κ1) is 64.8. The molecule has 490 valence electrons. The summed E-state index contributed by atoms with van der Waals surface area (Å²) in [6, 6.07) is 100. The summed E-state index contributed by atoms with van der Waals surface area (Å²) in [5.41, 5.74) is 27.0. The minimum Gasteiger partial charge on any atom is -0.260 e. The molecule has 6 aromatic heterocycles. The molecule has 0 spiro atoms. The van der Waals surface area contributed by atoms with Gasteiger partial charge < -0.3 is 0 Å². The van der Waals surface area contributed by atoms with Crippen LogP contribution in [-0.2, 0) is 17.3 Å². The second-order valence-electron chi connectivity index (χ2n) is 27.9. The first-order valence-corrected chi connectivity index (χ1v) is 35.3. The lowest BCUT2D eigenvalue weighted by atomic mass is 9.80.